The standard InChI is InChI=1S/C24H40N2O7.C20H33NO6.C3H6O.2CH4/c1-7-21(33-24(30)25-10-12-31-18(5)16(2)3)15-22(32-19(6)27)14-20(28)13-17(4)26-11-8-9-23(26)29;1-6-17(27-20(25)13(2)3)12-18(26-15(5)22)11-16(23)10-14(4)21-9-7-8-19(21)24;1-3(2)4;;/h17,20-22,28H,2,5,7-15H2,1,3-4,6H3,(H,25,30);14,16-18,23H,2,6-12H2,1,3-5H3;1-2H3;2*1H4. The molecule has 0 radical (unpaired) electrons. The fourth-order valence-electron chi connectivity index (χ4n) is 7.04. The maximum Gasteiger partial charge on any atom is 0.407 e. The van der Waals surface area contributed by atoms with Crippen molar-refractivity contribution < 1.29 is 67.5 Å². The van der Waals surface area contributed by atoms with Crippen LogP contribution in [0.15, 0.2) is 36.6 Å². The van der Waals surface area contributed by atoms with Gasteiger partial charge in [0.2, 0.25) is 11.8 Å². The highest BCUT2D eigenvalue weighted by Crippen LogP contribution is 2.23. The van der Waals surface area contributed by atoms with Crippen molar-refractivity contribution in [2.75, 3.05) is 26.2 Å². The first-order valence-electron chi connectivity index (χ1n) is 22.4. The number of hydrogen-bond acceptors (Lipinski definition) is 14. The predicted molar refractivity (Wildman–Crippen MR) is 255 cm³/mol. The summed E-state index contributed by atoms with van der Waals surface area (Å²) >= 11 is 0. The molecule has 2 aliphatic heterocycles. The second kappa shape index (κ2) is 35.4. The van der Waals surface area contributed by atoms with Crippen LogP contribution in [0, 0.1) is 0 Å². The Hall–Kier alpha value is -4.77. The molecule has 17 heteroatoms. The Morgan fingerprint density at radius 3 is 1.33 bits per heavy atom. The van der Waals surface area contributed by atoms with Crippen LogP contribution in [0.5, 0.6) is 0 Å². The van der Waals surface area contributed by atoms with Gasteiger partial charge in [-0.1, -0.05) is 48.4 Å². The number of nitrogens with one attached hydrogen (secondary N) is 1. The molecule has 2 saturated heterocycles. The minimum Gasteiger partial charge on any atom is -0.492 e. The summed E-state index contributed by atoms with van der Waals surface area (Å²) in [6.07, 6.45) is 1.46. The highest BCUT2D eigenvalue weighted by molar-refractivity contribution is 5.87. The van der Waals surface area contributed by atoms with Gasteiger partial charge in [-0.25, -0.2) is 9.59 Å². The zero-order chi connectivity index (χ0) is 49.1. The van der Waals surface area contributed by atoms with Gasteiger partial charge in [-0.2, -0.15) is 0 Å². The van der Waals surface area contributed by atoms with Gasteiger partial charge >= 0.3 is 24.0 Å². The number of esters is 3. The number of hydrogen-bond donors (Lipinski definition) is 3. The number of amides is 3. The summed E-state index contributed by atoms with van der Waals surface area (Å²) in [5, 5.41) is 23.6. The molecule has 3 N–H and O–H groups in total. The summed E-state index contributed by atoms with van der Waals surface area (Å²) in [6.45, 7) is 29.5. The first-order chi connectivity index (χ1) is 29.9. The van der Waals surface area contributed by atoms with Gasteiger partial charge in [0.1, 0.15) is 42.6 Å². The average molecular weight is 942 g/mol. The molecule has 0 aromatic rings. The Balaban J connectivity index is -0.00000110. The SMILES string of the molecule is C.C.C=C(C)C(=C)OCCNC(=O)OC(CC)CC(CC(O)CC(C)N1CCCC1=O)OC(C)=O.C=C(C)C(=O)OC(CC)CC(CC(O)CC(C)N1CCCC1=O)OC(C)=O.CC(C)=O. The summed E-state index contributed by atoms with van der Waals surface area (Å²) in [7, 11) is 0. The van der Waals surface area contributed by atoms with Crippen molar-refractivity contribution in [3.05, 3.63) is 36.6 Å². The molecule has 0 aromatic heterocycles. The summed E-state index contributed by atoms with van der Waals surface area (Å²) < 4.78 is 26.9. The third-order valence-electron chi connectivity index (χ3n) is 10.2. The smallest absolute Gasteiger partial charge is 0.407 e. The van der Waals surface area contributed by atoms with Crippen LogP contribution in [-0.4, -0.2) is 137 Å². The molecule has 8 atom stereocenters. The fourth-order valence-corrected chi connectivity index (χ4v) is 7.04. The van der Waals surface area contributed by atoms with Gasteiger partial charge in [-0.15, -0.1) is 0 Å². The Labute approximate surface area is 396 Å². The molecule has 17 nitrogen and oxygen atoms in total. The molecule has 3 amide bonds. The Morgan fingerprint density at radius 2 is 1.02 bits per heavy atom. The molecular formula is C49H87N3O14. The van der Waals surface area contributed by atoms with E-state index in [1.807, 2.05) is 27.7 Å². The normalized spacial score (nSPS) is 16.5. The van der Waals surface area contributed by atoms with E-state index >= 15 is 0 Å². The molecule has 0 spiro atoms. The maximum absolute atomic E-state index is 12.1. The number of likely N-dealkylation sites (tertiary alicyclic amines) is 2. The third kappa shape index (κ3) is 29.7. The lowest BCUT2D eigenvalue weighted by Crippen LogP contribution is -2.38. The van der Waals surface area contributed by atoms with Gasteiger partial charge in [-0.3, -0.25) is 19.2 Å². The number of ether oxygens (including phenoxy) is 5. The van der Waals surface area contributed by atoms with Crippen molar-refractivity contribution in [3.63, 3.8) is 0 Å². The molecule has 2 aliphatic rings. The highest BCUT2D eigenvalue weighted by Gasteiger charge is 2.31. The van der Waals surface area contributed by atoms with Crippen LogP contribution in [-0.2, 0) is 52.5 Å². The second-order valence-corrected chi connectivity index (χ2v) is 16.8. The number of alkyl carbamates (subject to hydrolysis) is 1. The molecule has 2 rings (SSSR count). The lowest BCUT2D eigenvalue weighted by Gasteiger charge is -2.29. The molecule has 8 unspecified atom stereocenters. The summed E-state index contributed by atoms with van der Waals surface area (Å²) in [5.41, 5.74) is 1.02. The number of Topliss-reactive ketones (excluding diaryl/α,β-unsaturated/α-hetero) is 1. The van der Waals surface area contributed by atoms with Gasteiger partial charge in [0.05, 0.1) is 18.8 Å². The zero-order valence-electron chi connectivity index (χ0n) is 40.2. The number of aliphatic hydroxyl groups is 2. The highest BCUT2D eigenvalue weighted by atomic mass is 16.6. The molecule has 382 valence electrons. The fraction of sp³-hybridized carbons (Fsp3) is 0.735. The van der Waals surface area contributed by atoms with Crippen LogP contribution in [0.2, 0.25) is 0 Å². The lowest BCUT2D eigenvalue weighted by molar-refractivity contribution is -0.153. The largest absolute Gasteiger partial charge is 0.492 e. The molecule has 2 heterocycles. The van der Waals surface area contributed by atoms with Crippen molar-refractivity contribution in [2.45, 2.75) is 210 Å². The minimum absolute atomic E-state index is 0. The van der Waals surface area contributed by atoms with E-state index in [4.69, 9.17) is 23.7 Å². The first kappa shape index (κ1) is 65.5. The van der Waals surface area contributed by atoms with Crippen LogP contribution in [0.3, 0.4) is 0 Å². The predicted octanol–water partition coefficient (Wildman–Crippen LogP) is 7.30. The van der Waals surface area contributed by atoms with Crippen molar-refractivity contribution in [1.82, 2.24) is 15.1 Å². The van der Waals surface area contributed by atoms with E-state index < -0.39 is 60.6 Å². The Bertz CT molecular complexity index is 1550. The molecule has 66 heavy (non-hydrogen) atoms. The molecule has 0 aromatic carbocycles. The maximum atomic E-state index is 12.1. The van der Waals surface area contributed by atoms with E-state index in [-0.39, 0.29) is 76.9 Å². The van der Waals surface area contributed by atoms with Crippen molar-refractivity contribution in [3.8, 4) is 0 Å². The minimum atomic E-state index is -0.761. The van der Waals surface area contributed by atoms with Gasteiger partial charge in [0, 0.05) is 83.1 Å². The molecular weight excluding hydrogens is 855 g/mol. The average Bonchev–Trinajstić information content (AvgIpc) is 3.82. The second-order valence-electron chi connectivity index (χ2n) is 16.8. The van der Waals surface area contributed by atoms with Crippen LogP contribution in [0.4, 0.5) is 4.79 Å². The van der Waals surface area contributed by atoms with Crippen LogP contribution in [0.1, 0.15) is 161 Å². The van der Waals surface area contributed by atoms with Crippen LogP contribution >= 0.6 is 0 Å². The van der Waals surface area contributed by atoms with E-state index in [1.54, 1.807) is 23.6 Å². The van der Waals surface area contributed by atoms with Gasteiger partial charge < -0.3 is 53.8 Å². The summed E-state index contributed by atoms with van der Waals surface area (Å²) in [6, 6.07) is -0.170. The number of nitrogens with zero attached hydrogens (tertiary/aromatic N) is 2. The molecule has 0 bridgehead atoms. The zero-order valence-corrected chi connectivity index (χ0v) is 40.2. The third-order valence-corrected chi connectivity index (χ3v) is 10.2. The Kier molecular flexibility index (Phi) is 35.2. The number of carbonyl (C=O) groups is 7. The monoisotopic (exact) mass is 942 g/mol. The topological polar surface area (TPSA) is 225 Å². The Morgan fingerprint density at radius 1 is 0.621 bits per heavy atom. The van der Waals surface area contributed by atoms with Gasteiger partial charge in [0.15, 0.2) is 0 Å². The first-order valence-corrected chi connectivity index (χ1v) is 22.4. The number of rotatable bonds is 26. The van der Waals surface area contributed by atoms with E-state index in [2.05, 4.69) is 25.1 Å². The number of aliphatic hydroxyl groups excluding tert-OH is 2. The van der Waals surface area contributed by atoms with Gasteiger partial charge in [-0.05, 0) is 85.6 Å². The molecule has 0 saturated carbocycles. The number of carbonyl (C=O) groups excluding carboxylic acids is 7. The van der Waals surface area contributed by atoms with Crippen molar-refractivity contribution >= 4 is 41.6 Å². The number of allylic oxidation sites excluding steroid dienone is 1. The summed E-state index contributed by atoms with van der Waals surface area (Å²) in [5.74, 6) is -0.553. The van der Waals surface area contributed by atoms with Gasteiger partial charge in [0.25, 0.3) is 0 Å². The van der Waals surface area contributed by atoms with E-state index in [9.17, 15) is 43.8 Å². The van der Waals surface area contributed by atoms with Crippen molar-refractivity contribution in [2.24, 2.45) is 0 Å². The van der Waals surface area contributed by atoms with Crippen LogP contribution < -0.4 is 5.32 Å². The quantitative estimate of drug-likeness (QED) is 0.0193. The lowest BCUT2D eigenvalue weighted by atomic mass is 9.99. The molecule has 0 aliphatic carbocycles. The molecule has 2 fully saturated rings. The van der Waals surface area contributed by atoms with E-state index in [0.717, 1.165) is 19.4 Å². The van der Waals surface area contributed by atoms with E-state index in [0.29, 0.717) is 68.4 Å². The van der Waals surface area contributed by atoms with E-state index in [1.165, 1.54) is 27.7 Å². The van der Waals surface area contributed by atoms with Crippen molar-refractivity contribution in [1.29, 1.82) is 0 Å². The summed E-state index contributed by atoms with van der Waals surface area (Å²) in [4.78, 5) is 83.6. The number of ketones is 1. The van der Waals surface area contributed by atoms with Crippen LogP contribution in [0.25, 0.3) is 0 Å².